The van der Waals surface area contributed by atoms with Crippen LogP contribution in [0, 0.1) is 22.7 Å². The summed E-state index contributed by atoms with van der Waals surface area (Å²) in [5, 5.41) is -0.636. The van der Waals surface area contributed by atoms with Crippen LogP contribution in [0.5, 0.6) is 0 Å². The van der Waals surface area contributed by atoms with E-state index in [9.17, 15) is 18.0 Å². The van der Waals surface area contributed by atoms with Crippen molar-refractivity contribution in [1.29, 1.82) is 0 Å². The van der Waals surface area contributed by atoms with E-state index in [1.807, 2.05) is 13.8 Å². The highest BCUT2D eigenvalue weighted by Gasteiger charge is 2.71. The highest BCUT2D eigenvalue weighted by Crippen LogP contribution is 2.66. The van der Waals surface area contributed by atoms with Gasteiger partial charge in [-0.05, 0) is 30.9 Å². The lowest BCUT2D eigenvalue weighted by Gasteiger charge is -2.55. The first-order valence-electron chi connectivity index (χ1n) is 8.07. The number of benzene rings is 1. The summed E-state index contributed by atoms with van der Waals surface area (Å²) in [6.45, 7) is 3.66. The molecule has 0 spiro atoms. The molecule has 23 heavy (non-hydrogen) atoms. The number of hydrogen-bond acceptors (Lipinski definition) is 4. The second kappa shape index (κ2) is 4.32. The Kier molecular flexibility index (Phi) is 2.83. The topological polar surface area (TPSA) is 68.3 Å². The monoisotopic (exact) mass is 332 g/mol. The van der Waals surface area contributed by atoms with E-state index in [0.717, 1.165) is 0 Å². The van der Waals surface area contributed by atoms with Crippen LogP contribution in [-0.4, -0.2) is 25.2 Å². The van der Waals surface area contributed by atoms with Gasteiger partial charge in [-0.3, -0.25) is 9.59 Å². The third kappa shape index (κ3) is 1.74. The summed E-state index contributed by atoms with van der Waals surface area (Å²) < 4.78 is 26.3. The van der Waals surface area contributed by atoms with E-state index in [0.29, 0.717) is 17.7 Å². The third-order valence-corrected chi connectivity index (χ3v) is 8.57. The number of fused-ring (bicyclic) bond motifs is 1. The first-order chi connectivity index (χ1) is 10.7. The van der Waals surface area contributed by atoms with Gasteiger partial charge in [-0.2, -0.15) is 0 Å². The first kappa shape index (κ1) is 15.1. The SMILES string of the molecule is C[C@@]12C[C@@H](S(=O)(=O)c3ccccc3)[C@H]3[C@@H](C1)C(=O)C[C@@]3(C)C2=O. The molecule has 0 N–H and O–H groups in total. The number of ketones is 2. The lowest BCUT2D eigenvalue weighted by molar-refractivity contribution is -0.153. The minimum Gasteiger partial charge on any atom is -0.299 e. The van der Waals surface area contributed by atoms with Crippen LogP contribution in [0.1, 0.15) is 33.1 Å². The maximum absolute atomic E-state index is 13.2. The Hall–Kier alpha value is -1.49. The molecule has 0 unspecified atom stereocenters. The summed E-state index contributed by atoms with van der Waals surface area (Å²) >= 11 is 0. The summed E-state index contributed by atoms with van der Waals surface area (Å²) in [7, 11) is -3.55. The average Bonchev–Trinajstić information content (AvgIpc) is 2.74. The van der Waals surface area contributed by atoms with Crippen LogP contribution >= 0.6 is 0 Å². The molecule has 4 fully saturated rings. The normalized spacial score (nSPS) is 42.3. The Bertz CT molecular complexity index is 813. The predicted molar refractivity (Wildman–Crippen MR) is 84.5 cm³/mol. The van der Waals surface area contributed by atoms with Crippen LogP contribution < -0.4 is 0 Å². The lowest BCUT2D eigenvalue weighted by Crippen LogP contribution is -2.61. The fourth-order valence-electron chi connectivity index (χ4n) is 5.50. The Balaban J connectivity index is 1.87. The number of hydrogen-bond donors (Lipinski definition) is 0. The summed E-state index contributed by atoms with van der Waals surface area (Å²) in [4.78, 5) is 25.6. The molecule has 1 aromatic rings. The molecule has 5 atom stereocenters. The predicted octanol–water partition coefficient (Wildman–Crippen LogP) is 2.42. The highest BCUT2D eigenvalue weighted by atomic mass is 32.2. The van der Waals surface area contributed by atoms with Crippen molar-refractivity contribution in [2.75, 3.05) is 0 Å². The van der Waals surface area contributed by atoms with E-state index in [1.165, 1.54) is 0 Å². The molecule has 4 saturated carbocycles. The minimum absolute atomic E-state index is 0.0718. The lowest BCUT2D eigenvalue weighted by atomic mass is 9.50. The van der Waals surface area contributed by atoms with Crippen molar-refractivity contribution in [2.45, 2.75) is 43.3 Å². The molecule has 4 aliphatic carbocycles. The number of carbonyl (C=O) groups excluding carboxylic acids is 2. The third-order valence-electron chi connectivity index (χ3n) is 6.38. The fourth-order valence-corrected chi connectivity index (χ4v) is 7.85. The Morgan fingerprint density at radius 1 is 1.04 bits per heavy atom. The second-order valence-electron chi connectivity index (χ2n) is 7.89. The fraction of sp³-hybridized carbons (Fsp3) is 0.556. The van der Waals surface area contributed by atoms with Gasteiger partial charge < -0.3 is 0 Å². The van der Waals surface area contributed by atoms with Crippen LogP contribution in [0.2, 0.25) is 0 Å². The van der Waals surface area contributed by atoms with Crippen molar-refractivity contribution in [1.82, 2.24) is 0 Å². The van der Waals surface area contributed by atoms with E-state index < -0.39 is 25.9 Å². The quantitative estimate of drug-likeness (QED) is 0.834. The van der Waals surface area contributed by atoms with Gasteiger partial charge in [-0.25, -0.2) is 8.42 Å². The number of carbonyl (C=O) groups is 2. The van der Waals surface area contributed by atoms with Crippen LogP contribution in [0.3, 0.4) is 0 Å². The van der Waals surface area contributed by atoms with Crippen LogP contribution in [0.4, 0.5) is 0 Å². The zero-order chi connectivity index (χ0) is 16.6. The molecule has 122 valence electrons. The molecule has 5 heteroatoms. The zero-order valence-corrected chi connectivity index (χ0v) is 14.1. The van der Waals surface area contributed by atoms with Crippen molar-refractivity contribution >= 4 is 21.4 Å². The van der Waals surface area contributed by atoms with Crippen molar-refractivity contribution in [3.05, 3.63) is 30.3 Å². The molecule has 1 aromatic carbocycles. The smallest absolute Gasteiger partial charge is 0.181 e. The van der Waals surface area contributed by atoms with Gasteiger partial charge in [0.2, 0.25) is 0 Å². The molecular weight excluding hydrogens is 312 g/mol. The molecule has 5 rings (SSSR count). The Labute approximate surface area is 136 Å². The second-order valence-corrected chi connectivity index (χ2v) is 10.1. The molecule has 0 radical (unpaired) electrons. The molecule has 4 nitrogen and oxygen atoms in total. The zero-order valence-electron chi connectivity index (χ0n) is 13.3. The molecule has 4 bridgehead atoms. The van der Waals surface area contributed by atoms with Gasteiger partial charge >= 0.3 is 0 Å². The van der Waals surface area contributed by atoms with Gasteiger partial charge in [0, 0.05) is 23.2 Å². The van der Waals surface area contributed by atoms with Crippen molar-refractivity contribution in [2.24, 2.45) is 22.7 Å². The standard InChI is InChI=1S/C18H20O4S/c1-17-8-12-13(19)9-18(2,16(17)20)15(12)14(10-17)23(21,22)11-6-4-3-5-7-11/h3-7,12,14-15H,8-10H2,1-2H3/t12-,14+,15+,17-,18+/m0/s1. The Morgan fingerprint density at radius 3 is 2.35 bits per heavy atom. The van der Waals surface area contributed by atoms with Crippen LogP contribution in [-0.2, 0) is 19.4 Å². The molecule has 0 heterocycles. The van der Waals surface area contributed by atoms with Crippen LogP contribution in [0.25, 0.3) is 0 Å². The van der Waals surface area contributed by atoms with Crippen molar-refractivity contribution in [3.63, 3.8) is 0 Å². The van der Waals surface area contributed by atoms with Gasteiger partial charge in [0.25, 0.3) is 0 Å². The van der Waals surface area contributed by atoms with Crippen LogP contribution in [0.15, 0.2) is 35.2 Å². The van der Waals surface area contributed by atoms with E-state index in [-0.39, 0.29) is 29.8 Å². The van der Waals surface area contributed by atoms with Crippen molar-refractivity contribution < 1.29 is 18.0 Å². The number of Topliss-reactive ketones (excluding diaryl/α,β-unsaturated/α-hetero) is 2. The van der Waals surface area contributed by atoms with E-state index >= 15 is 0 Å². The summed E-state index contributed by atoms with van der Waals surface area (Å²) in [5.41, 5.74) is -1.49. The maximum Gasteiger partial charge on any atom is 0.181 e. The molecule has 0 aromatic heterocycles. The highest BCUT2D eigenvalue weighted by molar-refractivity contribution is 7.92. The van der Waals surface area contributed by atoms with Crippen molar-refractivity contribution in [3.8, 4) is 0 Å². The molecular formula is C18H20O4S. The Morgan fingerprint density at radius 2 is 1.70 bits per heavy atom. The van der Waals surface area contributed by atoms with E-state index in [1.54, 1.807) is 30.3 Å². The van der Waals surface area contributed by atoms with Gasteiger partial charge in [0.1, 0.15) is 11.6 Å². The number of sulfone groups is 1. The summed E-state index contributed by atoms with van der Waals surface area (Å²) in [6.07, 6.45) is 1.07. The molecule has 0 amide bonds. The van der Waals surface area contributed by atoms with Gasteiger partial charge in [-0.15, -0.1) is 0 Å². The number of rotatable bonds is 2. The van der Waals surface area contributed by atoms with E-state index in [4.69, 9.17) is 0 Å². The summed E-state index contributed by atoms with van der Waals surface area (Å²) in [6, 6.07) is 8.41. The van der Waals surface area contributed by atoms with Gasteiger partial charge in [0.05, 0.1) is 10.1 Å². The van der Waals surface area contributed by atoms with Gasteiger partial charge in [-0.1, -0.05) is 32.0 Å². The minimum atomic E-state index is -3.55. The first-order valence-corrected chi connectivity index (χ1v) is 9.61. The molecule has 4 aliphatic rings. The van der Waals surface area contributed by atoms with Gasteiger partial charge in [0.15, 0.2) is 9.84 Å². The maximum atomic E-state index is 13.2. The molecule has 0 aliphatic heterocycles. The largest absolute Gasteiger partial charge is 0.299 e. The van der Waals surface area contributed by atoms with E-state index in [2.05, 4.69) is 0 Å². The molecule has 0 saturated heterocycles. The summed E-state index contributed by atoms with van der Waals surface area (Å²) in [5.74, 6) is -0.478. The average molecular weight is 332 g/mol.